The summed E-state index contributed by atoms with van der Waals surface area (Å²) in [6.45, 7) is 4.75. The average Bonchev–Trinajstić information content (AvgIpc) is 2.48. The van der Waals surface area contributed by atoms with E-state index in [9.17, 15) is 4.79 Å². The quantitative estimate of drug-likeness (QED) is 0.852. The van der Waals surface area contributed by atoms with Crippen molar-refractivity contribution in [2.75, 3.05) is 6.54 Å². The number of hydrogen-bond acceptors (Lipinski definition) is 2. The number of carbonyl (C=O) groups excluding carboxylic acids is 1. The van der Waals surface area contributed by atoms with E-state index in [-0.39, 0.29) is 5.91 Å². The topological polar surface area (TPSA) is 41.1 Å². The van der Waals surface area contributed by atoms with Crippen molar-refractivity contribution < 1.29 is 4.79 Å². The fourth-order valence-electron chi connectivity index (χ4n) is 2.11. The molecule has 4 heteroatoms. The third kappa shape index (κ3) is 4.97. The van der Waals surface area contributed by atoms with E-state index in [0.29, 0.717) is 17.2 Å². The van der Waals surface area contributed by atoms with Gasteiger partial charge in [-0.05, 0) is 50.2 Å². The van der Waals surface area contributed by atoms with Crippen LogP contribution in [0.1, 0.15) is 27.0 Å². The summed E-state index contributed by atoms with van der Waals surface area (Å²) in [5.41, 5.74) is 4.22. The van der Waals surface area contributed by atoms with Crippen molar-refractivity contribution in [2.24, 2.45) is 0 Å². The third-order valence-electron chi connectivity index (χ3n) is 3.32. The van der Waals surface area contributed by atoms with Gasteiger partial charge in [0.05, 0.1) is 0 Å². The molecule has 0 aromatic heterocycles. The Morgan fingerprint density at radius 1 is 1.05 bits per heavy atom. The van der Waals surface area contributed by atoms with Crippen LogP contribution in [0.3, 0.4) is 0 Å². The Kier molecular flexibility index (Phi) is 5.67. The van der Waals surface area contributed by atoms with Crippen molar-refractivity contribution in [3.8, 4) is 0 Å². The van der Waals surface area contributed by atoms with E-state index in [0.717, 1.165) is 12.0 Å². The van der Waals surface area contributed by atoms with Crippen LogP contribution >= 0.6 is 12.2 Å². The van der Waals surface area contributed by atoms with Gasteiger partial charge in [0, 0.05) is 12.1 Å². The first kappa shape index (κ1) is 16.2. The summed E-state index contributed by atoms with van der Waals surface area (Å²) < 4.78 is 0. The maximum atomic E-state index is 12.0. The second-order valence-corrected chi connectivity index (χ2v) is 5.72. The van der Waals surface area contributed by atoms with Crippen LogP contribution in [0.4, 0.5) is 0 Å². The summed E-state index contributed by atoms with van der Waals surface area (Å²) in [6.07, 6.45) is 0.863. The van der Waals surface area contributed by atoms with Gasteiger partial charge in [-0.1, -0.05) is 47.5 Å². The molecule has 0 atom stereocenters. The number of thiocarbonyl (C=S) groups is 1. The van der Waals surface area contributed by atoms with Crippen LogP contribution in [-0.2, 0) is 6.42 Å². The van der Waals surface area contributed by atoms with Gasteiger partial charge in [-0.15, -0.1) is 0 Å². The van der Waals surface area contributed by atoms with Gasteiger partial charge in [-0.2, -0.15) is 0 Å². The Balaban J connectivity index is 1.78. The Morgan fingerprint density at radius 3 is 2.45 bits per heavy atom. The molecule has 3 nitrogen and oxygen atoms in total. The first-order chi connectivity index (χ1) is 10.5. The average molecular weight is 312 g/mol. The fraction of sp³-hybridized carbons (Fsp3) is 0.222. The molecule has 0 radical (unpaired) electrons. The van der Waals surface area contributed by atoms with Gasteiger partial charge in [0.1, 0.15) is 0 Å². The highest BCUT2D eigenvalue weighted by Gasteiger charge is 2.06. The first-order valence-corrected chi connectivity index (χ1v) is 7.67. The molecular weight excluding hydrogens is 292 g/mol. The second kappa shape index (κ2) is 7.71. The lowest BCUT2D eigenvalue weighted by Gasteiger charge is -2.10. The van der Waals surface area contributed by atoms with Gasteiger partial charge in [0.15, 0.2) is 5.11 Å². The highest BCUT2D eigenvalue weighted by Crippen LogP contribution is 2.04. The maximum Gasteiger partial charge on any atom is 0.257 e. The van der Waals surface area contributed by atoms with E-state index in [4.69, 9.17) is 12.2 Å². The van der Waals surface area contributed by atoms with Gasteiger partial charge in [-0.25, -0.2) is 0 Å². The van der Waals surface area contributed by atoms with E-state index in [1.165, 1.54) is 11.1 Å². The minimum absolute atomic E-state index is 0.187. The molecule has 0 heterocycles. The molecule has 2 N–H and O–H groups in total. The molecule has 22 heavy (non-hydrogen) atoms. The molecule has 0 aliphatic rings. The highest BCUT2D eigenvalue weighted by atomic mass is 32.1. The minimum Gasteiger partial charge on any atom is -0.362 e. The summed E-state index contributed by atoms with van der Waals surface area (Å²) in [7, 11) is 0. The van der Waals surface area contributed by atoms with Gasteiger partial charge in [0.25, 0.3) is 5.91 Å². The van der Waals surface area contributed by atoms with Gasteiger partial charge >= 0.3 is 0 Å². The number of benzene rings is 2. The molecule has 0 aliphatic heterocycles. The molecule has 114 valence electrons. The normalized spacial score (nSPS) is 10.1. The fourth-order valence-corrected chi connectivity index (χ4v) is 2.31. The Bertz CT molecular complexity index is 665. The van der Waals surface area contributed by atoms with Crippen molar-refractivity contribution in [2.45, 2.75) is 20.3 Å². The van der Waals surface area contributed by atoms with E-state index in [2.05, 4.69) is 35.8 Å². The lowest BCUT2D eigenvalue weighted by Crippen LogP contribution is -2.40. The monoisotopic (exact) mass is 312 g/mol. The SMILES string of the molecule is Cc1ccc(C(=O)NC(=S)NCCc2cccc(C)c2)cc1. The number of hydrogen-bond donors (Lipinski definition) is 2. The molecule has 2 aromatic carbocycles. The zero-order valence-corrected chi connectivity index (χ0v) is 13.7. The lowest BCUT2D eigenvalue weighted by molar-refractivity contribution is 0.0976. The standard InChI is InChI=1S/C18H20N2OS/c1-13-6-8-16(9-7-13)17(21)20-18(22)19-11-10-15-5-3-4-14(2)12-15/h3-9,12H,10-11H2,1-2H3,(H2,19,20,21,22). The Labute approximate surface area is 136 Å². The summed E-state index contributed by atoms with van der Waals surface area (Å²) in [6, 6.07) is 15.7. The van der Waals surface area contributed by atoms with Crippen molar-refractivity contribution in [3.63, 3.8) is 0 Å². The first-order valence-electron chi connectivity index (χ1n) is 7.26. The molecular formula is C18H20N2OS. The van der Waals surface area contributed by atoms with Crippen LogP contribution in [0.5, 0.6) is 0 Å². The molecule has 0 bridgehead atoms. The van der Waals surface area contributed by atoms with Crippen LogP contribution in [-0.4, -0.2) is 17.6 Å². The predicted octanol–water partition coefficient (Wildman–Crippen LogP) is 3.15. The molecule has 0 unspecified atom stereocenters. The number of rotatable bonds is 4. The zero-order chi connectivity index (χ0) is 15.9. The van der Waals surface area contributed by atoms with Crippen molar-refractivity contribution in [1.82, 2.24) is 10.6 Å². The predicted molar refractivity (Wildman–Crippen MR) is 94.1 cm³/mol. The van der Waals surface area contributed by atoms with Crippen LogP contribution in [0, 0.1) is 13.8 Å². The molecule has 0 aliphatic carbocycles. The molecule has 2 aromatic rings. The number of aryl methyl sites for hydroxylation is 2. The number of nitrogens with one attached hydrogen (secondary N) is 2. The highest BCUT2D eigenvalue weighted by molar-refractivity contribution is 7.80. The smallest absolute Gasteiger partial charge is 0.257 e. The molecule has 0 saturated carbocycles. The van der Waals surface area contributed by atoms with E-state index < -0.39 is 0 Å². The van der Waals surface area contributed by atoms with Gasteiger partial charge in [-0.3, -0.25) is 10.1 Å². The van der Waals surface area contributed by atoms with Crippen LogP contribution < -0.4 is 10.6 Å². The van der Waals surface area contributed by atoms with Crippen molar-refractivity contribution in [1.29, 1.82) is 0 Å². The number of carbonyl (C=O) groups is 1. The summed E-state index contributed by atoms with van der Waals surface area (Å²) >= 11 is 5.15. The summed E-state index contributed by atoms with van der Waals surface area (Å²) in [4.78, 5) is 12.0. The molecule has 0 fully saturated rings. The second-order valence-electron chi connectivity index (χ2n) is 5.32. The Hall–Kier alpha value is -2.20. The largest absolute Gasteiger partial charge is 0.362 e. The van der Waals surface area contributed by atoms with Crippen LogP contribution in [0.2, 0.25) is 0 Å². The van der Waals surface area contributed by atoms with E-state index in [1.807, 2.05) is 25.1 Å². The van der Waals surface area contributed by atoms with Crippen molar-refractivity contribution in [3.05, 3.63) is 70.8 Å². The Morgan fingerprint density at radius 2 is 1.77 bits per heavy atom. The van der Waals surface area contributed by atoms with Gasteiger partial charge in [0.2, 0.25) is 0 Å². The maximum absolute atomic E-state index is 12.0. The molecule has 2 rings (SSSR count). The summed E-state index contributed by atoms with van der Waals surface area (Å²) in [5.74, 6) is -0.187. The van der Waals surface area contributed by atoms with Crippen LogP contribution in [0.25, 0.3) is 0 Å². The van der Waals surface area contributed by atoms with Crippen molar-refractivity contribution >= 4 is 23.2 Å². The number of amides is 1. The molecule has 1 amide bonds. The molecule has 0 saturated heterocycles. The van der Waals surface area contributed by atoms with E-state index >= 15 is 0 Å². The van der Waals surface area contributed by atoms with E-state index in [1.54, 1.807) is 12.1 Å². The molecule has 0 spiro atoms. The minimum atomic E-state index is -0.187. The van der Waals surface area contributed by atoms with Gasteiger partial charge < -0.3 is 5.32 Å². The zero-order valence-electron chi connectivity index (χ0n) is 12.8. The van der Waals surface area contributed by atoms with Crippen LogP contribution in [0.15, 0.2) is 48.5 Å². The summed E-state index contributed by atoms with van der Waals surface area (Å²) in [5, 5.41) is 6.12. The lowest BCUT2D eigenvalue weighted by atomic mass is 10.1. The third-order valence-corrected chi connectivity index (χ3v) is 3.57.